The van der Waals surface area contributed by atoms with Crippen molar-refractivity contribution in [3.63, 3.8) is 0 Å². The van der Waals surface area contributed by atoms with Gasteiger partial charge < -0.3 is 4.98 Å². The molecule has 0 bridgehead atoms. The van der Waals surface area contributed by atoms with E-state index in [9.17, 15) is 9.18 Å². The summed E-state index contributed by atoms with van der Waals surface area (Å²) in [6.45, 7) is 0. The Morgan fingerprint density at radius 2 is 2.21 bits per heavy atom. The van der Waals surface area contributed by atoms with Gasteiger partial charge in [-0.25, -0.2) is 9.37 Å². The van der Waals surface area contributed by atoms with Crippen LogP contribution in [0.15, 0.2) is 29.2 Å². The van der Waals surface area contributed by atoms with Crippen LogP contribution in [0.2, 0.25) is 5.02 Å². The fourth-order valence-electron chi connectivity index (χ4n) is 2.08. The highest BCUT2D eigenvalue weighted by molar-refractivity contribution is 6.30. The van der Waals surface area contributed by atoms with Crippen LogP contribution in [0, 0.1) is 5.82 Å². The van der Waals surface area contributed by atoms with Crippen LogP contribution < -0.4 is 5.56 Å². The summed E-state index contributed by atoms with van der Waals surface area (Å²) in [6.07, 6.45) is 3.93. The largest absolute Gasteiger partial charge is 0.310 e. The Kier molecular flexibility index (Phi) is 3.11. The van der Waals surface area contributed by atoms with Crippen molar-refractivity contribution < 1.29 is 4.39 Å². The molecule has 0 radical (unpaired) electrons. The normalized spacial score (nSPS) is 14.6. The van der Waals surface area contributed by atoms with Crippen LogP contribution in [0.4, 0.5) is 4.39 Å². The smallest absolute Gasteiger partial charge is 0.254 e. The predicted octanol–water partition coefficient (Wildman–Crippen LogP) is 3.03. The molecule has 3 nitrogen and oxygen atoms in total. The maximum atomic E-state index is 13.6. The van der Waals surface area contributed by atoms with Gasteiger partial charge in [0.1, 0.15) is 11.6 Å². The summed E-state index contributed by atoms with van der Waals surface area (Å²) in [5.41, 5.74) is 1.04. The molecule has 0 aliphatic heterocycles. The highest BCUT2D eigenvalue weighted by atomic mass is 35.5. The van der Waals surface area contributed by atoms with E-state index in [1.165, 1.54) is 12.1 Å². The number of aromatic amines is 1. The van der Waals surface area contributed by atoms with E-state index in [1.54, 1.807) is 12.3 Å². The van der Waals surface area contributed by atoms with Crippen LogP contribution >= 0.6 is 11.6 Å². The van der Waals surface area contributed by atoms with Gasteiger partial charge in [0, 0.05) is 23.2 Å². The molecule has 1 aromatic heterocycles. The lowest BCUT2D eigenvalue weighted by atomic mass is 10.1. The third-order valence-electron chi connectivity index (χ3n) is 3.26. The Morgan fingerprint density at radius 1 is 1.42 bits per heavy atom. The molecule has 0 atom stereocenters. The van der Waals surface area contributed by atoms with E-state index >= 15 is 0 Å². The number of H-pyrrole nitrogens is 1. The standard InChI is InChI=1S/C14H12ClFN2O/c15-10-3-4-12(16)9(5-10)6-13-17-7-11(8-1-2-8)14(19)18-13/h3-5,7-8H,1-2,6H2,(H,17,18,19). The molecule has 19 heavy (non-hydrogen) atoms. The number of hydrogen-bond acceptors (Lipinski definition) is 2. The zero-order chi connectivity index (χ0) is 13.4. The second kappa shape index (κ2) is 4.78. The molecule has 1 heterocycles. The quantitative estimate of drug-likeness (QED) is 0.938. The highest BCUT2D eigenvalue weighted by Gasteiger charge is 2.26. The summed E-state index contributed by atoms with van der Waals surface area (Å²) in [7, 11) is 0. The molecule has 1 aromatic carbocycles. The van der Waals surface area contributed by atoms with Crippen molar-refractivity contribution in [1.29, 1.82) is 0 Å². The first kappa shape index (κ1) is 12.4. The van der Waals surface area contributed by atoms with Gasteiger partial charge in [0.05, 0.1) is 0 Å². The van der Waals surface area contributed by atoms with E-state index in [1.807, 2.05) is 0 Å². The van der Waals surface area contributed by atoms with Crippen molar-refractivity contribution in [2.24, 2.45) is 0 Å². The fraction of sp³-hybridized carbons (Fsp3) is 0.286. The zero-order valence-electron chi connectivity index (χ0n) is 10.1. The predicted molar refractivity (Wildman–Crippen MR) is 71.0 cm³/mol. The topological polar surface area (TPSA) is 45.8 Å². The molecular formula is C14H12ClFN2O. The third kappa shape index (κ3) is 2.68. The van der Waals surface area contributed by atoms with Gasteiger partial charge in [-0.1, -0.05) is 11.6 Å². The summed E-state index contributed by atoms with van der Waals surface area (Å²) in [5, 5.41) is 0.466. The van der Waals surface area contributed by atoms with Gasteiger partial charge in [-0.2, -0.15) is 0 Å². The Morgan fingerprint density at radius 3 is 2.89 bits per heavy atom. The SMILES string of the molecule is O=c1[nH]c(Cc2cc(Cl)ccc2F)ncc1C1CC1. The lowest BCUT2D eigenvalue weighted by molar-refractivity contribution is 0.612. The number of benzene rings is 1. The summed E-state index contributed by atoms with van der Waals surface area (Å²) in [4.78, 5) is 18.8. The monoisotopic (exact) mass is 278 g/mol. The average Bonchev–Trinajstić information content (AvgIpc) is 3.18. The van der Waals surface area contributed by atoms with E-state index in [0.29, 0.717) is 22.3 Å². The minimum Gasteiger partial charge on any atom is -0.310 e. The Balaban J connectivity index is 1.88. The maximum Gasteiger partial charge on any atom is 0.254 e. The molecule has 98 valence electrons. The van der Waals surface area contributed by atoms with Gasteiger partial charge in [0.2, 0.25) is 0 Å². The summed E-state index contributed by atoms with van der Waals surface area (Å²) >= 11 is 5.83. The molecule has 5 heteroatoms. The van der Waals surface area contributed by atoms with Crippen LogP contribution in [0.3, 0.4) is 0 Å². The van der Waals surface area contributed by atoms with E-state index in [-0.39, 0.29) is 17.8 Å². The van der Waals surface area contributed by atoms with Crippen LogP contribution in [0.5, 0.6) is 0 Å². The second-order valence-corrected chi connectivity index (χ2v) is 5.24. The van der Waals surface area contributed by atoms with E-state index in [2.05, 4.69) is 9.97 Å². The minimum atomic E-state index is -0.349. The maximum absolute atomic E-state index is 13.6. The molecule has 2 aromatic rings. The van der Waals surface area contributed by atoms with Gasteiger partial charge in [-0.05, 0) is 42.5 Å². The van der Waals surface area contributed by atoms with Crippen molar-refractivity contribution in [3.8, 4) is 0 Å². The number of halogens is 2. The fourth-order valence-corrected chi connectivity index (χ4v) is 2.27. The third-order valence-corrected chi connectivity index (χ3v) is 3.50. The van der Waals surface area contributed by atoms with E-state index < -0.39 is 0 Å². The van der Waals surface area contributed by atoms with Gasteiger partial charge in [0.15, 0.2) is 0 Å². The number of nitrogens with zero attached hydrogens (tertiary/aromatic N) is 1. The number of nitrogens with one attached hydrogen (secondary N) is 1. The van der Waals surface area contributed by atoms with Crippen LogP contribution in [-0.2, 0) is 6.42 Å². The molecule has 0 saturated heterocycles. The molecule has 1 fully saturated rings. The minimum absolute atomic E-state index is 0.116. The summed E-state index contributed by atoms with van der Waals surface area (Å²) in [6, 6.07) is 4.35. The summed E-state index contributed by atoms with van der Waals surface area (Å²) in [5.74, 6) is 0.460. The number of hydrogen-bond donors (Lipinski definition) is 1. The molecule has 0 amide bonds. The van der Waals surface area contributed by atoms with Crippen molar-refractivity contribution in [2.75, 3.05) is 0 Å². The van der Waals surface area contributed by atoms with Crippen LogP contribution in [0.1, 0.15) is 35.7 Å². The Labute approximate surface area is 114 Å². The van der Waals surface area contributed by atoms with Gasteiger partial charge in [-0.15, -0.1) is 0 Å². The Bertz CT molecular complexity index is 679. The molecule has 1 saturated carbocycles. The van der Waals surface area contributed by atoms with Crippen molar-refractivity contribution >= 4 is 11.6 Å². The molecule has 1 aliphatic carbocycles. The molecule has 0 spiro atoms. The van der Waals surface area contributed by atoms with Crippen molar-refractivity contribution in [2.45, 2.75) is 25.2 Å². The van der Waals surface area contributed by atoms with Gasteiger partial charge in [-0.3, -0.25) is 4.79 Å². The van der Waals surface area contributed by atoms with E-state index in [0.717, 1.165) is 18.4 Å². The lowest BCUT2D eigenvalue weighted by Crippen LogP contribution is -2.16. The van der Waals surface area contributed by atoms with E-state index in [4.69, 9.17) is 11.6 Å². The molecule has 3 rings (SSSR count). The second-order valence-electron chi connectivity index (χ2n) is 4.80. The molecule has 0 unspecified atom stereocenters. The molecular weight excluding hydrogens is 267 g/mol. The van der Waals surface area contributed by atoms with Crippen molar-refractivity contribution in [3.05, 3.63) is 62.5 Å². The first-order valence-corrected chi connectivity index (χ1v) is 6.53. The van der Waals surface area contributed by atoms with Crippen LogP contribution in [-0.4, -0.2) is 9.97 Å². The average molecular weight is 279 g/mol. The molecule has 1 aliphatic rings. The highest BCUT2D eigenvalue weighted by Crippen LogP contribution is 2.37. The first-order valence-electron chi connectivity index (χ1n) is 6.15. The first-order chi connectivity index (χ1) is 9.13. The Hall–Kier alpha value is -1.68. The zero-order valence-corrected chi connectivity index (χ0v) is 10.9. The number of rotatable bonds is 3. The van der Waals surface area contributed by atoms with Crippen LogP contribution in [0.25, 0.3) is 0 Å². The van der Waals surface area contributed by atoms with Crippen molar-refractivity contribution in [1.82, 2.24) is 9.97 Å². The van der Waals surface area contributed by atoms with Gasteiger partial charge >= 0.3 is 0 Å². The molecule has 1 N–H and O–H groups in total. The lowest BCUT2D eigenvalue weighted by Gasteiger charge is -2.04. The number of aromatic nitrogens is 2. The summed E-state index contributed by atoms with van der Waals surface area (Å²) < 4.78 is 13.6. The van der Waals surface area contributed by atoms with Gasteiger partial charge in [0.25, 0.3) is 5.56 Å².